The van der Waals surface area contributed by atoms with Crippen LogP contribution in [0, 0.1) is 12.3 Å². The van der Waals surface area contributed by atoms with Gasteiger partial charge >= 0.3 is 0 Å². The van der Waals surface area contributed by atoms with Crippen molar-refractivity contribution in [2.75, 3.05) is 11.1 Å². The molecule has 1 aromatic heterocycles. The van der Waals surface area contributed by atoms with Gasteiger partial charge in [-0.1, -0.05) is 13.8 Å². The molecule has 4 rings (SSSR count). The lowest BCUT2D eigenvalue weighted by atomic mass is 9.74. The smallest absolute Gasteiger partial charge is 0.251 e. The number of nitrogens with one attached hydrogen (secondary N) is 2. The first-order chi connectivity index (χ1) is 12.3. The van der Waals surface area contributed by atoms with Gasteiger partial charge in [0, 0.05) is 22.4 Å². The van der Waals surface area contributed by atoms with Gasteiger partial charge in [-0.3, -0.25) is 9.59 Å². The highest BCUT2D eigenvalue weighted by Crippen LogP contribution is 2.42. The first kappa shape index (κ1) is 17.2. The van der Waals surface area contributed by atoms with Crippen molar-refractivity contribution in [2.45, 2.75) is 44.6 Å². The number of hydrogen-bond acceptors (Lipinski definition) is 4. The van der Waals surface area contributed by atoms with E-state index in [9.17, 15) is 9.59 Å². The summed E-state index contributed by atoms with van der Waals surface area (Å²) in [7, 11) is 0. The summed E-state index contributed by atoms with van der Waals surface area (Å²) in [6.45, 7) is 6.32. The molecule has 6 heteroatoms. The van der Waals surface area contributed by atoms with E-state index in [1.807, 2.05) is 25.1 Å². The van der Waals surface area contributed by atoms with Crippen molar-refractivity contribution in [3.05, 3.63) is 46.9 Å². The molecule has 1 unspecified atom stereocenters. The summed E-state index contributed by atoms with van der Waals surface area (Å²) in [5.41, 5.74) is 2.41. The minimum absolute atomic E-state index is 0.0346. The lowest BCUT2D eigenvalue weighted by Crippen LogP contribution is -2.36. The highest BCUT2D eigenvalue weighted by Gasteiger charge is 2.35. The third-order valence-corrected chi connectivity index (χ3v) is 5.99. The van der Waals surface area contributed by atoms with Gasteiger partial charge in [-0.15, -0.1) is 11.8 Å². The zero-order valence-corrected chi connectivity index (χ0v) is 16.0. The molecule has 2 aromatic rings. The maximum atomic E-state index is 12.8. The molecule has 1 atom stereocenters. The van der Waals surface area contributed by atoms with Gasteiger partial charge in [0.05, 0.1) is 17.5 Å². The van der Waals surface area contributed by atoms with Crippen LogP contribution in [0.15, 0.2) is 33.6 Å². The van der Waals surface area contributed by atoms with E-state index in [0.717, 1.165) is 34.8 Å². The predicted octanol–water partition coefficient (Wildman–Crippen LogP) is 4.08. The number of benzene rings is 1. The second-order valence-electron chi connectivity index (χ2n) is 7.85. The van der Waals surface area contributed by atoms with E-state index in [-0.39, 0.29) is 23.3 Å². The lowest BCUT2D eigenvalue weighted by Gasteiger charge is -2.34. The topological polar surface area (TPSA) is 71.3 Å². The summed E-state index contributed by atoms with van der Waals surface area (Å²) in [5, 5.41) is 6.00. The zero-order valence-electron chi connectivity index (χ0n) is 15.1. The Kier molecular flexibility index (Phi) is 4.10. The van der Waals surface area contributed by atoms with Crippen molar-refractivity contribution in [1.82, 2.24) is 5.32 Å². The van der Waals surface area contributed by atoms with Crippen LogP contribution in [0.4, 0.5) is 5.69 Å². The summed E-state index contributed by atoms with van der Waals surface area (Å²) >= 11 is 1.49. The van der Waals surface area contributed by atoms with Crippen molar-refractivity contribution in [2.24, 2.45) is 5.41 Å². The zero-order chi connectivity index (χ0) is 18.5. The summed E-state index contributed by atoms with van der Waals surface area (Å²) < 4.78 is 5.84. The Morgan fingerprint density at radius 3 is 2.96 bits per heavy atom. The Labute approximate surface area is 156 Å². The summed E-state index contributed by atoms with van der Waals surface area (Å²) in [6, 6.07) is 7.42. The number of carbonyl (C=O) groups is 2. The summed E-state index contributed by atoms with van der Waals surface area (Å²) in [4.78, 5) is 25.4. The van der Waals surface area contributed by atoms with Crippen LogP contribution >= 0.6 is 11.8 Å². The molecule has 1 aromatic carbocycles. The van der Waals surface area contributed by atoms with Crippen LogP contribution in [-0.4, -0.2) is 17.6 Å². The average molecular weight is 370 g/mol. The molecule has 5 nitrogen and oxygen atoms in total. The van der Waals surface area contributed by atoms with E-state index in [0.29, 0.717) is 17.0 Å². The second kappa shape index (κ2) is 6.20. The molecule has 0 radical (unpaired) electrons. The molecule has 1 aliphatic heterocycles. The fraction of sp³-hybridized carbons (Fsp3) is 0.400. The van der Waals surface area contributed by atoms with E-state index in [2.05, 4.69) is 24.5 Å². The molecule has 26 heavy (non-hydrogen) atoms. The minimum Gasteiger partial charge on any atom is -0.466 e. The maximum Gasteiger partial charge on any atom is 0.251 e. The normalized spacial score (nSPS) is 20.7. The van der Waals surface area contributed by atoms with Crippen LogP contribution in [0.2, 0.25) is 0 Å². The average Bonchev–Trinajstić information content (AvgIpc) is 2.93. The fourth-order valence-electron chi connectivity index (χ4n) is 3.78. The monoisotopic (exact) mass is 370 g/mol. The van der Waals surface area contributed by atoms with Gasteiger partial charge in [-0.25, -0.2) is 0 Å². The molecular weight excluding hydrogens is 348 g/mol. The number of anilines is 1. The van der Waals surface area contributed by atoms with E-state index in [4.69, 9.17) is 4.42 Å². The number of rotatable bonds is 2. The Balaban J connectivity index is 1.58. The SMILES string of the molecule is Cc1cc2c(o1)CC(C)(C)CC2NC(=O)c1ccc2c(c1)NC(=O)CS2. The Morgan fingerprint density at radius 1 is 1.35 bits per heavy atom. The first-order valence-electron chi connectivity index (χ1n) is 8.77. The lowest BCUT2D eigenvalue weighted by molar-refractivity contribution is -0.113. The molecule has 136 valence electrons. The van der Waals surface area contributed by atoms with Gasteiger partial charge in [0.1, 0.15) is 11.5 Å². The standard InChI is InChI=1S/C20H22N2O3S/c1-11-6-13-15(8-20(2,3)9-16(13)25-11)22-19(24)12-4-5-17-14(7-12)21-18(23)10-26-17/h4-7,15H,8-10H2,1-3H3,(H,21,23)(H,22,24). The molecule has 0 bridgehead atoms. The van der Waals surface area contributed by atoms with E-state index < -0.39 is 0 Å². The maximum absolute atomic E-state index is 12.8. The van der Waals surface area contributed by atoms with Crippen molar-refractivity contribution in [3.63, 3.8) is 0 Å². The van der Waals surface area contributed by atoms with Gasteiger partial charge in [-0.2, -0.15) is 0 Å². The fourth-order valence-corrected chi connectivity index (χ4v) is 4.57. The van der Waals surface area contributed by atoms with E-state index in [1.54, 1.807) is 6.07 Å². The first-order valence-corrected chi connectivity index (χ1v) is 9.76. The van der Waals surface area contributed by atoms with Gasteiger partial charge in [0.25, 0.3) is 5.91 Å². The largest absolute Gasteiger partial charge is 0.466 e. The number of hydrogen-bond donors (Lipinski definition) is 2. The molecule has 2 N–H and O–H groups in total. The predicted molar refractivity (Wildman–Crippen MR) is 102 cm³/mol. The third-order valence-electron chi connectivity index (χ3n) is 4.92. The van der Waals surface area contributed by atoms with Crippen molar-refractivity contribution in [1.29, 1.82) is 0 Å². The van der Waals surface area contributed by atoms with Gasteiger partial charge in [0.2, 0.25) is 5.91 Å². The van der Waals surface area contributed by atoms with Crippen LogP contribution in [0.5, 0.6) is 0 Å². The van der Waals surface area contributed by atoms with Crippen LogP contribution in [0.3, 0.4) is 0 Å². The molecule has 0 spiro atoms. The van der Waals surface area contributed by atoms with Crippen LogP contribution in [0.25, 0.3) is 0 Å². The summed E-state index contributed by atoms with van der Waals surface area (Å²) in [5.74, 6) is 2.09. The quantitative estimate of drug-likeness (QED) is 0.836. The minimum atomic E-state index is -0.134. The highest BCUT2D eigenvalue weighted by atomic mass is 32.2. The van der Waals surface area contributed by atoms with Crippen LogP contribution < -0.4 is 10.6 Å². The van der Waals surface area contributed by atoms with Crippen molar-refractivity contribution < 1.29 is 14.0 Å². The molecule has 2 amide bonds. The van der Waals surface area contributed by atoms with Gasteiger partial charge in [-0.05, 0) is 43.0 Å². The Morgan fingerprint density at radius 2 is 2.15 bits per heavy atom. The number of thioether (sulfide) groups is 1. The van der Waals surface area contributed by atoms with Crippen molar-refractivity contribution in [3.8, 4) is 0 Å². The van der Waals surface area contributed by atoms with E-state index >= 15 is 0 Å². The number of aryl methyl sites for hydroxylation is 1. The number of furan rings is 1. The van der Waals surface area contributed by atoms with Gasteiger partial charge < -0.3 is 15.1 Å². The van der Waals surface area contributed by atoms with Crippen LogP contribution in [-0.2, 0) is 11.2 Å². The molecule has 0 saturated carbocycles. The van der Waals surface area contributed by atoms with Crippen molar-refractivity contribution >= 4 is 29.3 Å². The third kappa shape index (κ3) is 3.26. The molecular formula is C20H22N2O3S. The van der Waals surface area contributed by atoms with Crippen LogP contribution in [0.1, 0.15) is 53.8 Å². The molecule has 2 aliphatic rings. The highest BCUT2D eigenvalue weighted by molar-refractivity contribution is 8.00. The molecule has 1 aliphatic carbocycles. The molecule has 2 heterocycles. The number of amides is 2. The molecule has 0 fully saturated rings. The van der Waals surface area contributed by atoms with Gasteiger partial charge in [0.15, 0.2) is 0 Å². The Hall–Kier alpha value is -2.21. The number of fused-ring (bicyclic) bond motifs is 2. The Bertz CT molecular complexity index is 900. The summed E-state index contributed by atoms with van der Waals surface area (Å²) in [6.07, 6.45) is 1.74. The van der Waals surface area contributed by atoms with E-state index in [1.165, 1.54) is 11.8 Å². The number of carbonyl (C=O) groups excluding carboxylic acids is 2. The molecule has 0 saturated heterocycles. The second-order valence-corrected chi connectivity index (χ2v) is 8.87.